The van der Waals surface area contributed by atoms with Crippen molar-refractivity contribution in [2.75, 3.05) is 27.2 Å². The fraction of sp³-hybridized carbons (Fsp3) is 0.500. The highest BCUT2D eigenvalue weighted by molar-refractivity contribution is 6.01. The molecule has 3 aromatic rings. The van der Waals surface area contributed by atoms with E-state index in [2.05, 4.69) is 42.5 Å². The van der Waals surface area contributed by atoms with Gasteiger partial charge in [-0.05, 0) is 103 Å². The first-order valence-electron chi connectivity index (χ1n) is 25.0. The van der Waals surface area contributed by atoms with Crippen LogP contribution in [0.4, 0.5) is 0 Å². The third-order valence-corrected chi connectivity index (χ3v) is 13.6. The minimum atomic E-state index is -1.14. The molecule has 10 atom stereocenters. The highest BCUT2D eigenvalue weighted by atomic mass is 16.2. The molecule has 8 N–H and O–H groups in total. The van der Waals surface area contributed by atoms with Gasteiger partial charge in [0, 0.05) is 42.7 Å². The fourth-order valence-corrected chi connectivity index (χ4v) is 8.92. The Morgan fingerprint density at radius 3 is 1.41 bits per heavy atom. The molecule has 2 aliphatic rings. The van der Waals surface area contributed by atoms with Crippen LogP contribution in [-0.2, 0) is 33.6 Å². The average molecular weight is 1010 g/mol. The number of rotatable bonds is 21. The summed E-state index contributed by atoms with van der Waals surface area (Å²) in [7, 11) is 3.23. The summed E-state index contributed by atoms with van der Waals surface area (Å²) >= 11 is 0. The smallest absolute Gasteiger partial charge is 0.251 e. The number of hydrogen-bond acceptors (Lipinski definition) is 11. The second kappa shape index (κ2) is 25.6. The van der Waals surface area contributed by atoms with E-state index in [0.29, 0.717) is 0 Å². The molecule has 2 heterocycles. The molecule has 0 saturated carbocycles. The van der Waals surface area contributed by atoms with Crippen molar-refractivity contribution < 1.29 is 43.2 Å². The summed E-state index contributed by atoms with van der Waals surface area (Å²) in [5.74, 6) is -4.17. The molecule has 2 saturated heterocycles. The first-order valence-corrected chi connectivity index (χ1v) is 25.0. The van der Waals surface area contributed by atoms with Gasteiger partial charge in [0.15, 0.2) is 0 Å². The summed E-state index contributed by atoms with van der Waals surface area (Å²) < 4.78 is 0. The van der Waals surface area contributed by atoms with Crippen molar-refractivity contribution >= 4 is 53.0 Å². The minimum Gasteiger partial charge on any atom is -0.348 e. The van der Waals surface area contributed by atoms with Gasteiger partial charge in [0.05, 0.1) is 24.2 Å². The normalized spacial score (nSPS) is 20.0. The molecule has 19 nitrogen and oxygen atoms in total. The van der Waals surface area contributed by atoms with Crippen LogP contribution < -0.4 is 42.5 Å². The van der Waals surface area contributed by atoms with Crippen LogP contribution in [0, 0.1) is 5.41 Å². The third kappa shape index (κ3) is 15.3. The van der Waals surface area contributed by atoms with Crippen molar-refractivity contribution in [1.82, 2.24) is 52.3 Å². The maximum atomic E-state index is 14.5. The monoisotopic (exact) mass is 1010 g/mol. The zero-order chi connectivity index (χ0) is 53.7. The summed E-state index contributed by atoms with van der Waals surface area (Å²) in [4.78, 5) is 126. The van der Waals surface area contributed by atoms with Crippen LogP contribution >= 0.6 is 0 Å². The molecule has 0 unspecified atom stereocenters. The Morgan fingerprint density at radius 2 is 1.00 bits per heavy atom. The van der Waals surface area contributed by atoms with Gasteiger partial charge in [-0.3, -0.25) is 38.4 Å². The number of carbonyl (C=O) groups excluding carboxylic acids is 9. The Balaban J connectivity index is 1.35. The number of nitrogens with one attached hydrogen (secondary N) is 8. The molecule has 73 heavy (non-hydrogen) atoms. The average Bonchev–Trinajstić information content (AvgIpc) is 4.00. The lowest BCUT2D eigenvalue weighted by Gasteiger charge is -2.36. The Labute approximate surface area is 428 Å². The van der Waals surface area contributed by atoms with Crippen molar-refractivity contribution in [3.63, 3.8) is 0 Å². The third-order valence-electron chi connectivity index (χ3n) is 13.6. The maximum Gasteiger partial charge on any atom is 0.251 e. The maximum absolute atomic E-state index is 14.5. The van der Waals surface area contributed by atoms with Crippen LogP contribution in [0.15, 0.2) is 84.9 Å². The summed E-state index contributed by atoms with van der Waals surface area (Å²) in [5, 5.41) is 23.3. The number of amides is 8. The van der Waals surface area contributed by atoms with Crippen LogP contribution in [0.2, 0.25) is 0 Å². The number of nitrogens with zero attached hydrogens (tertiary/aromatic N) is 2. The van der Waals surface area contributed by atoms with Crippen molar-refractivity contribution in [1.29, 1.82) is 0 Å². The molecule has 0 spiro atoms. The van der Waals surface area contributed by atoms with Crippen molar-refractivity contribution in [2.24, 2.45) is 5.41 Å². The number of benzene rings is 3. The standard InChI is InChI=1S/C54H74N10O9/c1-31(65)24-25-42(61-46(66)34(4)55-9)52(72)63-29-40(27-43(63)50(70)57-32(2)36-18-13-11-14-19-36)59-48(68)38-22-17-23-39(26-38)49(69)60-41-28-44(51(71)58-33(3)37-20-15-12-16-21-37)64(30-41)53(73)45(54(6,7)8)62-47(67)35(5)56-10/h11-23,26,32-35,40-45,55-56H,24-25,27-30H2,1-10H3,(H,57,70)(H,58,71)(H,59,68)(H,60,69)(H,61,66)(H,62,67)/t32-,33-,34+,35+,40+,41+,42+,43+,44+,45-/m1/s1. The molecule has 5 rings (SSSR count). The minimum absolute atomic E-state index is 0.000549. The van der Waals surface area contributed by atoms with Gasteiger partial charge in [-0.15, -0.1) is 0 Å². The van der Waals surface area contributed by atoms with Crippen LogP contribution in [0.3, 0.4) is 0 Å². The number of Topliss-reactive ketones (excluding diaryl/α,β-unsaturated/α-hetero) is 1. The Morgan fingerprint density at radius 1 is 0.575 bits per heavy atom. The van der Waals surface area contributed by atoms with Crippen molar-refractivity contribution in [3.8, 4) is 0 Å². The highest BCUT2D eigenvalue weighted by Crippen LogP contribution is 2.28. The number of likely N-dealkylation sites (N-methyl/N-ethyl adjacent to an activating group) is 2. The molecule has 2 aliphatic heterocycles. The number of ketones is 1. The molecular formula is C54H74N10O9. The zero-order valence-corrected chi connectivity index (χ0v) is 43.7. The second-order valence-electron chi connectivity index (χ2n) is 20.3. The SMILES string of the molecule is CN[C@@H](C)C(=O)N[C@@H](CCC(C)=O)C(=O)N1C[C@@H](NC(=O)c2cccc(C(=O)N[C@H]3C[C@@H](C(=O)N[C@H](C)c4ccccc4)N(C(=O)[C@@H](NC(=O)[C@H](C)NC)C(C)(C)C)C3)c2)C[C@H]1C(=O)N[C@H](C)c1ccccc1. The van der Waals surface area contributed by atoms with Crippen LogP contribution in [0.1, 0.15) is 125 Å². The number of likely N-dealkylation sites (tertiary alicyclic amines) is 2. The van der Waals surface area contributed by atoms with Crippen LogP contribution in [0.25, 0.3) is 0 Å². The predicted molar refractivity (Wildman–Crippen MR) is 275 cm³/mol. The van der Waals surface area contributed by atoms with Gasteiger partial charge in [0.25, 0.3) is 11.8 Å². The topological polar surface area (TPSA) is 256 Å². The van der Waals surface area contributed by atoms with Gasteiger partial charge in [0.1, 0.15) is 30.0 Å². The van der Waals surface area contributed by atoms with Crippen LogP contribution in [0.5, 0.6) is 0 Å². The predicted octanol–water partition coefficient (Wildman–Crippen LogP) is 2.44. The van der Waals surface area contributed by atoms with Gasteiger partial charge in [0.2, 0.25) is 35.4 Å². The molecule has 0 bridgehead atoms. The van der Waals surface area contributed by atoms with Gasteiger partial charge in [-0.2, -0.15) is 0 Å². The summed E-state index contributed by atoms with van der Waals surface area (Å²) in [5.41, 5.74) is 1.16. The molecule has 3 aromatic carbocycles. The zero-order valence-electron chi connectivity index (χ0n) is 43.7. The molecule has 19 heteroatoms. The summed E-state index contributed by atoms with van der Waals surface area (Å²) in [6.45, 7) is 13.6. The van der Waals surface area contributed by atoms with Crippen molar-refractivity contribution in [3.05, 3.63) is 107 Å². The largest absolute Gasteiger partial charge is 0.348 e. The van der Waals surface area contributed by atoms with Gasteiger partial charge in [-0.25, -0.2) is 0 Å². The van der Waals surface area contributed by atoms with E-state index in [4.69, 9.17) is 0 Å². The van der Waals surface area contributed by atoms with E-state index in [1.165, 1.54) is 34.9 Å². The molecule has 8 amide bonds. The van der Waals surface area contributed by atoms with Gasteiger partial charge >= 0.3 is 0 Å². The lowest BCUT2D eigenvalue weighted by molar-refractivity contribution is -0.144. The van der Waals surface area contributed by atoms with Crippen molar-refractivity contribution in [2.45, 2.75) is 141 Å². The van der Waals surface area contributed by atoms with Gasteiger partial charge < -0.3 is 57.1 Å². The van der Waals surface area contributed by atoms with E-state index in [9.17, 15) is 43.2 Å². The first-order chi connectivity index (χ1) is 34.5. The van der Waals surface area contributed by atoms with Crippen LogP contribution in [-0.4, -0.2) is 138 Å². The molecule has 0 aliphatic carbocycles. The highest BCUT2D eigenvalue weighted by Gasteiger charge is 2.46. The fourth-order valence-electron chi connectivity index (χ4n) is 8.92. The molecule has 2 fully saturated rings. The number of carbonyl (C=O) groups is 9. The Bertz CT molecular complexity index is 2470. The Kier molecular flexibility index (Phi) is 20.0. The van der Waals surface area contributed by atoms with E-state index in [1.807, 2.05) is 95.3 Å². The van der Waals surface area contributed by atoms with E-state index in [1.54, 1.807) is 34.0 Å². The second-order valence-corrected chi connectivity index (χ2v) is 20.3. The van der Waals surface area contributed by atoms with Gasteiger partial charge in [-0.1, -0.05) is 87.5 Å². The molecular weight excluding hydrogens is 933 g/mol. The lowest BCUT2D eigenvalue weighted by Crippen LogP contribution is -2.59. The first kappa shape index (κ1) is 56.9. The summed E-state index contributed by atoms with van der Waals surface area (Å²) in [6, 6.07) is 16.9. The van der Waals surface area contributed by atoms with E-state index in [-0.39, 0.29) is 55.7 Å². The van der Waals surface area contributed by atoms with E-state index >= 15 is 0 Å². The quantitative estimate of drug-likeness (QED) is 0.0770. The number of hydrogen-bond donors (Lipinski definition) is 8. The van der Waals surface area contributed by atoms with E-state index in [0.717, 1.165) is 11.1 Å². The molecule has 394 valence electrons. The molecule has 0 aromatic heterocycles. The lowest BCUT2D eigenvalue weighted by atomic mass is 9.85. The Hall–Kier alpha value is -6.99. The summed E-state index contributed by atoms with van der Waals surface area (Å²) in [6.07, 6.45) is 0.0804. The van der Waals surface area contributed by atoms with E-state index < -0.39 is 113 Å². The molecule has 0 radical (unpaired) electrons.